The van der Waals surface area contributed by atoms with E-state index in [4.69, 9.17) is 16.7 Å². The predicted molar refractivity (Wildman–Crippen MR) is 57.7 cm³/mol. The highest BCUT2D eigenvalue weighted by molar-refractivity contribution is 6.30. The van der Waals surface area contributed by atoms with Crippen molar-refractivity contribution >= 4 is 17.6 Å². The van der Waals surface area contributed by atoms with Crippen LogP contribution in [0.5, 0.6) is 0 Å². The molecule has 0 spiro atoms. The van der Waals surface area contributed by atoms with Crippen molar-refractivity contribution in [2.75, 3.05) is 0 Å². The first kappa shape index (κ1) is 10.7. The van der Waals surface area contributed by atoms with E-state index in [-0.39, 0.29) is 11.4 Å². The number of rotatable bonds is 2. The third kappa shape index (κ3) is 1.79. The van der Waals surface area contributed by atoms with Crippen LogP contribution in [0.3, 0.4) is 0 Å². The van der Waals surface area contributed by atoms with E-state index in [1.165, 1.54) is 41.1 Å². The normalized spacial score (nSPS) is 10.4. The Kier molecular flexibility index (Phi) is 2.66. The lowest BCUT2D eigenvalue weighted by Gasteiger charge is -2.07. The summed E-state index contributed by atoms with van der Waals surface area (Å²) in [4.78, 5) is 10.9. The fraction of sp³-hybridized carbons (Fsp3) is 0. The Morgan fingerprint density at radius 1 is 1.38 bits per heavy atom. The van der Waals surface area contributed by atoms with Gasteiger partial charge in [0.1, 0.15) is 11.5 Å². The van der Waals surface area contributed by atoms with Gasteiger partial charge < -0.3 is 9.67 Å². The highest BCUT2D eigenvalue weighted by Gasteiger charge is 2.13. The molecule has 16 heavy (non-hydrogen) atoms. The van der Waals surface area contributed by atoms with Crippen molar-refractivity contribution in [2.45, 2.75) is 0 Å². The Morgan fingerprint density at radius 2 is 2.12 bits per heavy atom. The summed E-state index contributed by atoms with van der Waals surface area (Å²) in [6, 6.07) is 6.91. The standard InChI is InChI=1S/C11H7ClFNO2/c12-7-3-4-8(13)10(6-7)14-5-1-2-9(14)11(15)16/h1-6H,(H,15,16). The number of carbonyl (C=O) groups is 1. The molecule has 2 rings (SSSR count). The molecule has 1 heterocycles. The van der Waals surface area contributed by atoms with Crippen LogP contribution < -0.4 is 0 Å². The van der Waals surface area contributed by atoms with Crippen LogP contribution in [0.15, 0.2) is 36.5 Å². The highest BCUT2D eigenvalue weighted by Crippen LogP contribution is 2.20. The van der Waals surface area contributed by atoms with E-state index in [0.717, 1.165) is 0 Å². The number of carboxylic acids is 1. The second-order valence-corrected chi connectivity index (χ2v) is 3.60. The molecule has 0 aliphatic heterocycles. The van der Waals surface area contributed by atoms with Crippen molar-refractivity contribution in [3.63, 3.8) is 0 Å². The zero-order valence-corrected chi connectivity index (χ0v) is 8.78. The number of carboxylic acid groups (broad SMARTS) is 1. The summed E-state index contributed by atoms with van der Waals surface area (Å²) in [5.41, 5.74) is 0.107. The third-order valence-corrected chi connectivity index (χ3v) is 2.37. The molecule has 2 aromatic rings. The number of benzene rings is 1. The van der Waals surface area contributed by atoms with Crippen LogP contribution in [0.1, 0.15) is 10.5 Å². The van der Waals surface area contributed by atoms with Crippen molar-refractivity contribution in [2.24, 2.45) is 0 Å². The Morgan fingerprint density at radius 3 is 2.81 bits per heavy atom. The van der Waals surface area contributed by atoms with Crippen LogP contribution in [0.4, 0.5) is 4.39 Å². The summed E-state index contributed by atoms with van der Waals surface area (Å²) in [6.45, 7) is 0. The number of hydrogen-bond donors (Lipinski definition) is 1. The minimum atomic E-state index is -1.12. The van der Waals surface area contributed by atoms with Gasteiger partial charge in [-0.3, -0.25) is 0 Å². The molecule has 0 atom stereocenters. The number of hydrogen-bond acceptors (Lipinski definition) is 1. The molecule has 0 aliphatic carbocycles. The first-order chi connectivity index (χ1) is 7.59. The topological polar surface area (TPSA) is 42.2 Å². The average Bonchev–Trinajstić information content (AvgIpc) is 2.70. The molecule has 0 fully saturated rings. The lowest BCUT2D eigenvalue weighted by atomic mass is 10.3. The summed E-state index contributed by atoms with van der Waals surface area (Å²) >= 11 is 5.74. The lowest BCUT2D eigenvalue weighted by molar-refractivity contribution is 0.0688. The van der Waals surface area contributed by atoms with Gasteiger partial charge in [0.05, 0.1) is 5.69 Å². The fourth-order valence-corrected chi connectivity index (χ4v) is 1.60. The van der Waals surface area contributed by atoms with E-state index >= 15 is 0 Å². The molecule has 0 unspecified atom stereocenters. The van der Waals surface area contributed by atoms with Gasteiger partial charge in [-0.25, -0.2) is 9.18 Å². The molecular formula is C11H7ClFNO2. The van der Waals surface area contributed by atoms with Crippen LogP contribution in [0.2, 0.25) is 5.02 Å². The number of aromatic nitrogens is 1. The maximum atomic E-state index is 13.5. The molecule has 0 saturated heterocycles. The van der Waals surface area contributed by atoms with E-state index in [1.807, 2.05) is 0 Å². The van der Waals surface area contributed by atoms with Gasteiger partial charge in [-0.1, -0.05) is 11.6 Å². The summed E-state index contributed by atoms with van der Waals surface area (Å²) in [7, 11) is 0. The quantitative estimate of drug-likeness (QED) is 0.876. The van der Waals surface area contributed by atoms with Crippen LogP contribution in [-0.2, 0) is 0 Å². The molecule has 82 valence electrons. The van der Waals surface area contributed by atoms with Gasteiger partial charge in [0.2, 0.25) is 0 Å². The van der Waals surface area contributed by atoms with Gasteiger partial charge in [-0.15, -0.1) is 0 Å². The lowest BCUT2D eigenvalue weighted by Crippen LogP contribution is -2.07. The Balaban J connectivity index is 2.62. The van der Waals surface area contributed by atoms with Gasteiger partial charge in [0, 0.05) is 11.2 Å². The van der Waals surface area contributed by atoms with Crippen LogP contribution in [-0.4, -0.2) is 15.6 Å². The fourth-order valence-electron chi connectivity index (χ4n) is 1.44. The zero-order valence-electron chi connectivity index (χ0n) is 8.02. The minimum Gasteiger partial charge on any atom is -0.477 e. The van der Waals surface area contributed by atoms with Gasteiger partial charge in [-0.05, 0) is 30.3 Å². The average molecular weight is 240 g/mol. The molecule has 0 amide bonds. The van der Waals surface area contributed by atoms with E-state index < -0.39 is 11.8 Å². The summed E-state index contributed by atoms with van der Waals surface area (Å²) in [5.74, 6) is -1.65. The highest BCUT2D eigenvalue weighted by atomic mass is 35.5. The molecule has 1 N–H and O–H groups in total. The largest absolute Gasteiger partial charge is 0.477 e. The van der Waals surface area contributed by atoms with E-state index in [0.29, 0.717) is 5.02 Å². The minimum absolute atomic E-state index is 0.0128. The van der Waals surface area contributed by atoms with Crippen molar-refractivity contribution < 1.29 is 14.3 Å². The zero-order chi connectivity index (χ0) is 11.7. The number of nitrogens with zero attached hydrogens (tertiary/aromatic N) is 1. The molecule has 0 saturated carbocycles. The predicted octanol–water partition coefficient (Wildman–Crippen LogP) is 2.97. The maximum Gasteiger partial charge on any atom is 0.352 e. The summed E-state index contributed by atoms with van der Waals surface area (Å²) in [5, 5.41) is 9.25. The Hall–Kier alpha value is -1.81. The van der Waals surface area contributed by atoms with Gasteiger partial charge in [0.25, 0.3) is 0 Å². The van der Waals surface area contributed by atoms with Gasteiger partial charge >= 0.3 is 5.97 Å². The molecule has 0 radical (unpaired) electrons. The van der Waals surface area contributed by atoms with Crippen LogP contribution >= 0.6 is 11.6 Å². The first-order valence-corrected chi connectivity index (χ1v) is 4.83. The van der Waals surface area contributed by atoms with E-state index in [9.17, 15) is 9.18 Å². The second kappa shape index (κ2) is 3.98. The van der Waals surface area contributed by atoms with Crippen LogP contribution in [0, 0.1) is 5.82 Å². The molecule has 1 aromatic heterocycles. The van der Waals surface area contributed by atoms with Crippen molar-refractivity contribution in [3.8, 4) is 5.69 Å². The monoisotopic (exact) mass is 239 g/mol. The van der Waals surface area contributed by atoms with Gasteiger partial charge in [-0.2, -0.15) is 0 Å². The first-order valence-electron chi connectivity index (χ1n) is 4.45. The smallest absolute Gasteiger partial charge is 0.352 e. The molecule has 1 aromatic carbocycles. The third-order valence-electron chi connectivity index (χ3n) is 2.14. The molecular weight excluding hydrogens is 233 g/mol. The summed E-state index contributed by atoms with van der Waals surface area (Å²) in [6.07, 6.45) is 1.47. The van der Waals surface area contributed by atoms with Crippen molar-refractivity contribution in [1.29, 1.82) is 0 Å². The van der Waals surface area contributed by atoms with E-state index in [2.05, 4.69) is 0 Å². The molecule has 0 aliphatic rings. The summed E-state index contributed by atoms with van der Waals surface area (Å²) < 4.78 is 14.7. The van der Waals surface area contributed by atoms with Gasteiger partial charge in [0.15, 0.2) is 0 Å². The SMILES string of the molecule is O=C(O)c1cccn1-c1cc(Cl)ccc1F. The maximum absolute atomic E-state index is 13.5. The number of aromatic carboxylic acids is 1. The Bertz CT molecular complexity index is 551. The van der Waals surface area contributed by atoms with Crippen molar-refractivity contribution in [1.82, 2.24) is 4.57 Å². The second-order valence-electron chi connectivity index (χ2n) is 3.16. The number of halogens is 2. The molecule has 3 nitrogen and oxygen atoms in total. The van der Waals surface area contributed by atoms with E-state index in [1.54, 1.807) is 0 Å². The van der Waals surface area contributed by atoms with Crippen LogP contribution in [0.25, 0.3) is 5.69 Å². The molecule has 0 bridgehead atoms. The Labute approximate surface area is 95.7 Å². The molecule has 5 heteroatoms. The van der Waals surface area contributed by atoms with Crippen molar-refractivity contribution in [3.05, 3.63) is 53.1 Å².